The molecule has 26 heavy (non-hydrogen) atoms. The van der Waals surface area contributed by atoms with Crippen LogP contribution in [0.3, 0.4) is 0 Å². The van der Waals surface area contributed by atoms with Crippen LogP contribution in [0.2, 0.25) is 0 Å². The molecule has 0 radical (unpaired) electrons. The van der Waals surface area contributed by atoms with Gasteiger partial charge < -0.3 is 15.1 Å². The molecule has 0 bridgehead atoms. The van der Waals surface area contributed by atoms with E-state index >= 15 is 0 Å². The van der Waals surface area contributed by atoms with E-state index in [2.05, 4.69) is 69.2 Å². The Labute approximate surface area is 159 Å². The summed E-state index contributed by atoms with van der Waals surface area (Å²) in [6.45, 7) is 13.6. The van der Waals surface area contributed by atoms with Crippen LogP contribution >= 0.6 is 0 Å². The lowest BCUT2D eigenvalue weighted by molar-refractivity contribution is 0.107. The second-order valence-electron chi connectivity index (χ2n) is 7.59. The maximum absolute atomic E-state index is 4.55. The summed E-state index contributed by atoms with van der Waals surface area (Å²) >= 11 is 0. The van der Waals surface area contributed by atoms with Crippen LogP contribution in [0, 0.1) is 0 Å². The van der Waals surface area contributed by atoms with Gasteiger partial charge in [0.15, 0.2) is 5.96 Å². The van der Waals surface area contributed by atoms with Crippen LogP contribution in [-0.4, -0.2) is 86.1 Å². The second kappa shape index (κ2) is 9.38. The van der Waals surface area contributed by atoms with Gasteiger partial charge in [-0.15, -0.1) is 0 Å². The number of likely N-dealkylation sites (tertiary alicyclic amines) is 1. The number of likely N-dealkylation sites (N-methyl/N-ethyl adjacent to an activating group) is 1. The molecule has 0 aliphatic carbocycles. The minimum atomic E-state index is 0.540. The Morgan fingerprint density at radius 1 is 1.15 bits per heavy atom. The number of nitrogens with one attached hydrogen (secondary N) is 1. The predicted octanol–water partition coefficient (Wildman–Crippen LogP) is 2.08. The van der Waals surface area contributed by atoms with Crippen LogP contribution in [0.15, 0.2) is 35.3 Å². The third-order valence-electron chi connectivity index (χ3n) is 6.00. The van der Waals surface area contributed by atoms with Crippen molar-refractivity contribution in [2.45, 2.75) is 32.2 Å². The molecule has 0 spiro atoms. The van der Waals surface area contributed by atoms with Gasteiger partial charge in [0.2, 0.25) is 0 Å². The van der Waals surface area contributed by atoms with Crippen molar-refractivity contribution in [1.29, 1.82) is 0 Å². The highest BCUT2D eigenvalue weighted by Gasteiger charge is 2.26. The summed E-state index contributed by atoms with van der Waals surface area (Å²) in [4.78, 5) is 12.1. The van der Waals surface area contributed by atoms with E-state index in [0.29, 0.717) is 12.0 Å². The molecule has 2 saturated heterocycles. The number of guanidine groups is 1. The first-order valence-electron chi connectivity index (χ1n) is 10.2. The topological polar surface area (TPSA) is 34.1 Å². The molecule has 2 heterocycles. The minimum Gasteiger partial charge on any atom is -0.355 e. The monoisotopic (exact) mass is 357 g/mol. The number of nitrogens with zero attached hydrogens (tertiary/aromatic N) is 4. The van der Waals surface area contributed by atoms with Gasteiger partial charge >= 0.3 is 0 Å². The van der Waals surface area contributed by atoms with Gasteiger partial charge in [0.05, 0.1) is 0 Å². The first-order valence-corrected chi connectivity index (χ1v) is 10.2. The predicted molar refractivity (Wildman–Crippen MR) is 110 cm³/mol. The summed E-state index contributed by atoms with van der Waals surface area (Å²) < 4.78 is 0. The van der Waals surface area contributed by atoms with Crippen LogP contribution in [0.1, 0.15) is 31.7 Å². The lowest BCUT2D eigenvalue weighted by Gasteiger charge is -2.38. The number of piperazine rings is 1. The SMILES string of the molecule is CCN1CCN(C(C)CNC(=NC)N2CCC(c3ccccc3)C2)CC1. The van der Waals surface area contributed by atoms with E-state index in [1.165, 1.54) is 44.7 Å². The molecule has 2 aliphatic heterocycles. The molecular formula is C21H35N5. The molecule has 5 nitrogen and oxygen atoms in total. The van der Waals surface area contributed by atoms with Crippen LogP contribution in [-0.2, 0) is 0 Å². The Bertz CT molecular complexity index is 565. The zero-order valence-corrected chi connectivity index (χ0v) is 16.7. The van der Waals surface area contributed by atoms with Gasteiger partial charge in [-0.3, -0.25) is 9.89 Å². The van der Waals surface area contributed by atoms with Crippen LogP contribution in [0.4, 0.5) is 0 Å². The molecule has 2 atom stereocenters. The molecule has 3 rings (SSSR count). The number of benzene rings is 1. The highest BCUT2D eigenvalue weighted by atomic mass is 15.3. The van der Waals surface area contributed by atoms with Crippen molar-refractivity contribution in [1.82, 2.24) is 20.0 Å². The van der Waals surface area contributed by atoms with Gasteiger partial charge in [-0.05, 0) is 25.5 Å². The van der Waals surface area contributed by atoms with Gasteiger partial charge in [0.1, 0.15) is 0 Å². The lowest BCUT2D eigenvalue weighted by atomic mass is 9.99. The van der Waals surface area contributed by atoms with Crippen molar-refractivity contribution in [3.8, 4) is 0 Å². The highest BCUT2D eigenvalue weighted by Crippen LogP contribution is 2.26. The molecule has 5 heteroatoms. The summed E-state index contributed by atoms with van der Waals surface area (Å²) in [7, 11) is 1.91. The smallest absolute Gasteiger partial charge is 0.193 e. The zero-order valence-electron chi connectivity index (χ0n) is 16.7. The van der Waals surface area contributed by atoms with Crippen molar-refractivity contribution >= 4 is 5.96 Å². The van der Waals surface area contributed by atoms with Crippen molar-refractivity contribution in [2.24, 2.45) is 4.99 Å². The summed E-state index contributed by atoms with van der Waals surface area (Å²) in [5.41, 5.74) is 1.45. The van der Waals surface area contributed by atoms with E-state index in [0.717, 1.165) is 25.6 Å². The van der Waals surface area contributed by atoms with Gasteiger partial charge in [-0.25, -0.2) is 0 Å². The molecule has 2 aliphatic rings. The van der Waals surface area contributed by atoms with E-state index in [4.69, 9.17) is 0 Å². The highest BCUT2D eigenvalue weighted by molar-refractivity contribution is 5.80. The fraction of sp³-hybridized carbons (Fsp3) is 0.667. The maximum Gasteiger partial charge on any atom is 0.193 e. The standard InChI is InChI=1S/C21H35N5/c1-4-24-12-14-25(15-13-24)18(2)16-23-21(22-3)26-11-10-20(17-26)19-8-6-5-7-9-19/h5-9,18,20H,4,10-17H2,1-3H3,(H,22,23). The first-order chi connectivity index (χ1) is 12.7. The Kier molecular flexibility index (Phi) is 6.92. The van der Waals surface area contributed by atoms with Crippen LogP contribution in [0.5, 0.6) is 0 Å². The maximum atomic E-state index is 4.55. The first kappa shape index (κ1) is 19.2. The molecule has 2 fully saturated rings. The average Bonchev–Trinajstić information content (AvgIpc) is 3.19. The largest absolute Gasteiger partial charge is 0.355 e. The molecule has 1 N–H and O–H groups in total. The number of hydrogen-bond donors (Lipinski definition) is 1. The van der Waals surface area contributed by atoms with Gasteiger partial charge in [0, 0.05) is 64.8 Å². The average molecular weight is 358 g/mol. The molecule has 0 saturated carbocycles. The Morgan fingerprint density at radius 2 is 1.88 bits per heavy atom. The zero-order chi connectivity index (χ0) is 18.4. The van der Waals surface area contributed by atoms with E-state index in [1.54, 1.807) is 0 Å². The molecule has 0 aromatic heterocycles. The normalized spacial score (nSPS) is 24.0. The van der Waals surface area contributed by atoms with E-state index in [1.807, 2.05) is 7.05 Å². The quantitative estimate of drug-likeness (QED) is 0.646. The third kappa shape index (κ3) is 4.77. The molecule has 144 valence electrons. The summed E-state index contributed by atoms with van der Waals surface area (Å²) in [5.74, 6) is 1.68. The van der Waals surface area contributed by atoms with Gasteiger partial charge in [0.25, 0.3) is 0 Å². The number of hydrogen-bond acceptors (Lipinski definition) is 3. The molecule has 1 aromatic carbocycles. The third-order valence-corrected chi connectivity index (χ3v) is 6.00. The fourth-order valence-electron chi connectivity index (χ4n) is 4.17. The van der Waals surface area contributed by atoms with Crippen molar-refractivity contribution in [3.63, 3.8) is 0 Å². The van der Waals surface area contributed by atoms with Crippen molar-refractivity contribution in [3.05, 3.63) is 35.9 Å². The summed E-state index contributed by atoms with van der Waals surface area (Å²) in [5, 5.41) is 3.63. The molecule has 0 amide bonds. The van der Waals surface area contributed by atoms with Crippen molar-refractivity contribution in [2.75, 3.05) is 59.4 Å². The van der Waals surface area contributed by atoms with Gasteiger partial charge in [-0.2, -0.15) is 0 Å². The van der Waals surface area contributed by atoms with E-state index in [9.17, 15) is 0 Å². The van der Waals surface area contributed by atoms with Crippen molar-refractivity contribution < 1.29 is 0 Å². The van der Waals surface area contributed by atoms with Gasteiger partial charge in [-0.1, -0.05) is 37.3 Å². The Morgan fingerprint density at radius 3 is 2.54 bits per heavy atom. The van der Waals surface area contributed by atoms with Crippen LogP contribution < -0.4 is 5.32 Å². The minimum absolute atomic E-state index is 0.540. The van der Waals surface area contributed by atoms with Crippen LogP contribution in [0.25, 0.3) is 0 Å². The number of aliphatic imine (C=N–C) groups is 1. The fourth-order valence-corrected chi connectivity index (χ4v) is 4.17. The van der Waals surface area contributed by atoms with E-state index < -0.39 is 0 Å². The molecule has 2 unspecified atom stereocenters. The Balaban J connectivity index is 1.46. The second-order valence-corrected chi connectivity index (χ2v) is 7.59. The number of rotatable bonds is 5. The van der Waals surface area contributed by atoms with E-state index in [-0.39, 0.29) is 0 Å². The summed E-state index contributed by atoms with van der Waals surface area (Å²) in [6, 6.07) is 11.4. The molecule has 1 aromatic rings. The molecular weight excluding hydrogens is 322 g/mol. The lowest BCUT2D eigenvalue weighted by Crippen LogP contribution is -2.53. The Hall–Kier alpha value is -1.59. The summed E-state index contributed by atoms with van der Waals surface area (Å²) in [6.07, 6.45) is 1.21.